The van der Waals surface area contributed by atoms with Crippen molar-refractivity contribution >= 4 is 22.1 Å². The number of hydrogen-bond donors (Lipinski definition) is 2. The summed E-state index contributed by atoms with van der Waals surface area (Å²) in [6.45, 7) is 6.45. The van der Waals surface area contributed by atoms with Crippen LogP contribution < -0.4 is 10.2 Å². The normalized spacial score (nSPS) is 19.0. The van der Waals surface area contributed by atoms with Gasteiger partial charge < -0.3 is 15.3 Å². The van der Waals surface area contributed by atoms with Gasteiger partial charge in [-0.1, -0.05) is 6.92 Å². The van der Waals surface area contributed by atoms with E-state index in [0.717, 1.165) is 56.2 Å². The van der Waals surface area contributed by atoms with E-state index in [1.807, 2.05) is 0 Å². The zero-order chi connectivity index (χ0) is 14.7. The van der Waals surface area contributed by atoms with Gasteiger partial charge in [-0.25, -0.2) is 4.98 Å². The molecule has 0 bridgehead atoms. The first kappa shape index (κ1) is 14.8. The fourth-order valence-electron chi connectivity index (χ4n) is 3.07. The quantitative estimate of drug-likeness (QED) is 0.769. The van der Waals surface area contributed by atoms with Crippen LogP contribution in [0.1, 0.15) is 31.9 Å². The molecule has 3 heterocycles. The Labute approximate surface area is 129 Å². The van der Waals surface area contributed by atoms with E-state index in [1.54, 1.807) is 11.3 Å². The van der Waals surface area contributed by atoms with Gasteiger partial charge >= 0.3 is 0 Å². The Bertz CT molecular complexity index is 579. The lowest BCUT2D eigenvalue weighted by Gasteiger charge is -2.18. The molecule has 5 nitrogen and oxygen atoms in total. The molecule has 2 aromatic rings. The predicted octanol–water partition coefficient (Wildman–Crippen LogP) is 2.10. The zero-order valence-electron chi connectivity index (χ0n) is 12.6. The van der Waals surface area contributed by atoms with Crippen molar-refractivity contribution in [3.05, 3.63) is 17.3 Å². The minimum atomic E-state index is 0.293. The molecule has 1 fully saturated rings. The fourth-order valence-corrected chi connectivity index (χ4v) is 3.79. The van der Waals surface area contributed by atoms with Gasteiger partial charge in [-0.05, 0) is 31.7 Å². The molecule has 1 aliphatic heterocycles. The third-order valence-corrected chi connectivity index (χ3v) is 4.94. The topological polar surface area (TPSA) is 52.8 Å². The summed E-state index contributed by atoms with van der Waals surface area (Å²) in [6, 6.07) is 0. The molecule has 6 heteroatoms. The van der Waals surface area contributed by atoms with Crippen LogP contribution in [0, 0.1) is 5.92 Å². The summed E-state index contributed by atoms with van der Waals surface area (Å²) in [5.41, 5.74) is 1.27. The van der Waals surface area contributed by atoms with Gasteiger partial charge in [-0.2, -0.15) is 0 Å². The minimum Gasteiger partial charge on any atom is -0.396 e. The molecule has 116 valence electrons. The van der Waals surface area contributed by atoms with Gasteiger partial charge in [-0.3, -0.25) is 4.40 Å². The highest BCUT2D eigenvalue weighted by Crippen LogP contribution is 2.30. The van der Waals surface area contributed by atoms with E-state index in [4.69, 9.17) is 10.1 Å². The number of aliphatic hydroxyl groups is 1. The number of aliphatic hydroxyl groups excluding tert-OH is 1. The summed E-state index contributed by atoms with van der Waals surface area (Å²) >= 11 is 1.69. The van der Waals surface area contributed by atoms with E-state index in [0.29, 0.717) is 12.5 Å². The minimum absolute atomic E-state index is 0.293. The molecular weight excluding hydrogens is 284 g/mol. The fraction of sp³-hybridized carbons (Fsp3) is 0.667. The van der Waals surface area contributed by atoms with Crippen LogP contribution in [0.3, 0.4) is 0 Å². The summed E-state index contributed by atoms with van der Waals surface area (Å²) in [5, 5.41) is 14.7. The summed E-state index contributed by atoms with van der Waals surface area (Å²) in [7, 11) is 0. The highest BCUT2D eigenvalue weighted by atomic mass is 32.1. The Hall–Kier alpha value is -1.11. The number of nitrogens with zero attached hydrogens (tertiary/aromatic N) is 3. The average Bonchev–Trinajstić information content (AvgIpc) is 3.15. The number of thiazole rings is 1. The van der Waals surface area contributed by atoms with Crippen molar-refractivity contribution in [1.82, 2.24) is 14.7 Å². The van der Waals surface area contributed by atoms with Gasteiger partial charge in [0, 0.05) is 37.8 Å². The van der Waals surface area contributed by atoms with Crippen LogP contribution >= 0.6 is 11.3 Å². The zero-order valence-corrected chi connectivity index (χ0v) is 13.4. The monoisotopic (exact) mass is 308 g/mol. The van der Waals surface area contributed by atoms with Gasteiger partial charge in [0.05, 0.1) is 5.69 Å². The van der Waals surface area contributed by atoms with Gasteiger partial charge in [-0.15, -0.1) is 11.3 Å². The lowest BCUT2D eigenvalue weighted by atomic mass is 10.1. The van der Waals surface area contributed by atoms with E-state index in [-0.39, 0.29) is 0 Å². The van der Waals surface area contributed by atoms with Crippen LogP contribution in [0.5, 0.6) is 0 Å². The average molecular weight is 308 g/mol. The number of rotatable bonds is 7. The molecule has 0 aliphatic carbocycles. The van der Waals surface area contributed by atoms with Crippen LogP contribution in [-0.4, -0.2) is 40.7 Å². The molecule has 2 N–H and O–H groups in total. The SMILES string of the molecule is CCCNCc1c(N2CCC(CCO)C2)nc2sccn12. The summed E-state index contributed by atoms with van der Waals surface area (Å²) in [6.07, 6.45) is 5.32. The maximum Gasteiger partial charge on any atom is 0.195 e. The van der Waals surface area contributed by atoms with Crippen molar-refractivity contribution in [2.75, 3.05) is 31.1 Å². The van der Waals surface area contributed by atoms with Gasteiger partial charge in [0.1, 0.15) is 0 Å². The number of anilines is 1. The van der Waals surface area contributed by atoms with Crippen LogP contribution in [0.4, 0.5) is 5.82 Å². The highest BCUT2D eigenvalue weighted by Gasteiger charge is 2.26. The molecule has 1 atom stereocenters. The smallest absolute Gasteiger partial charge is 0.195 e. The molecule has 0 spiro atoms. The van der Waals surface area contributed by atoms with Crippen LogP contribution in [-0.2, 0) is 6.54 Å². The summed E-state index contributed by atoms with van der Waals surface area (Å²) in [4.78, 5) is 8.30. The van der Waals surface area contributed by atoms with Crippen LogP contribution in [0.25, 0.3) is 4.96 Å². The third kappa shape index (κ3) is 3.07. The van der Waals surface area contributed by atoms with Crippen molar-refractivity contribution in [3.8, 4) is 0 Å². The second-order valence-corrected chi connectivity index (χ2v) is 6.60. The van der Waals surface area contributed by atoms with E-state index in [2.05, 4.69) is 33.1 Å². The molecule has 21 heavy (non-hydrogen) atoms. The van der Waals surface area contributed by atoms with Crippen LogP contribution in [0.2, 0.25) is 0 Å². The number of fused-ring (bicyclic) bond motifs is 1. The summed E-state index contributed by atoms with van der Waals surface area (Å²) in [5.74, 6) is 1.73. The molecule has 0 aromatic carbocycles. The number of hydrogen-bond acceptors (Lipinski definition) is 5. The van der Waals surface area contributed by atoms with E-state index < -0.39 is 0 Å². The Morgan fingerprint density at radius 2 is 2.43 bits per heavy atom. The molecule has 3 rings (SSSR count). The molecular formula is C15H24N4OS. The Balaban J connectivity index is 1.80. The largest absolute Gasteiger partial charge is 0.396 e. The molecule has 1 unspecified atom stereocenters. The number of nitrogens with one attached hydrogen (secondary N) is 1. The molecule has 0 radical (unpaired) electrons. The van der Waals surface area contributed by atoms with Crippen molar-refractivity contribution in [1.29, 1.82) is 0 Å². The van der Waals surface area contributed by atoms with Crippen molar-refractivity contribution in [2.45, 2.75) is 32.7 Å². The molecule has 0 amide bonds. The summed E-state index contributed by atoms with van der Waals surface area (Å²) < 4.78 is 2.21. The molecule has 1 aliphatic rings. The first-order valence-electron chi connectivity index (χ1n) is 7.84. The van der Waals surface area contributed by atoms with E-state index >= 15 is 0 Å². The molecule has 0 saturated carbocycles. The first-order valence-corrected chi connectivity index (χ1v) is 8.72. The van der Waals surface area contributed by atoms with Crippen molar-refractivity contribution in [2.24, 2.45) is 5.92 Å². The van der Waals surface area contributed by atoms with Gasteiger partial charge in [0.2, 0.25) is 0 Å². The Kier molecular flexibility index (Phi) is 4.77. The standard InChI is InChI=1S/C15H24N4OS/c1-2-5-16-10-13-14(17-15-19(13)7-9-21-15)18-6-3-12(11-18)4-8-20/h7,9,12,16,20H,2-6,8,10-11H2,1H3. The predicted molar refractivity (Wildman–Crippen MR) is 87.1 cm³/mol. The van der Waals surface area contributed by atoms with Gasteiger partial charge in [0.25, 0.3) is 0 Å². The number of imidazole rings is 1. The van der Waals surface area contributed by atoms with Crippen molar-refractivity contribution in [3.63, 3.8) is 0 Å². The number of aromatic nitrogens is 2. The van der Waals surface area contributed by atoms with E-state index in [9.17, 15) is 0 Å². The molecule has 1 saturated heterocycles. The van der Waals surface area contributed by atoms with Crippen LogP contribution in [0.15, 0.2) is 11.6 Å². The lowest BCUT2D eigenvalue weighted by molar-refractivity contribution is 0.263. The highest BCUT2D eigenvalue weighted by molar-refractivity contribution is 7.15. The third-order valence-electron chi connectivity index (χ3n) is 4.18. The first-order chi connectivity index (χ1) is 10.3. The second kappa shape index (κ2) is 6.77. The lowest BCUT2D eigenvalue weighted by Crippen LogP contribution is -2.24. The van der Waals surface area contributed by atoms with Crippen molar-refractivity contribution < 1.29 is 5.11 Å². The maximum atomic E-state index is 9.12. The Morgan fingerprint density at radius 3 is 3.24 bits per heavy atom. The van der Waals surface area contributed by atoms with E-state index in [1.165, 1.54) is 5.69 Å². The molecule has 2 aromatic heterocycles. The van der Waals surface area contributed by atoms with Gasteiger partial charge in [0.15, 0.2) is 10.8 Å². The second-order valence-electron chi connectivity index (χ2n) is 5.73. The maximum absolute atomic E-state index is 9.12. The Morgan fingerprint density at radius 1 is 1.52 bits per heavy atom.